The third-order valence-corrected chi connectivity index (χ3v) is 11.7. The topological polar surface area (TPSA) is 89.6 Å². The smallest absolute Gasteiger partial charge is 0.323 e. The number of carboxylic acid groups (broad SMARTS) is 1. The minimum Gasteiger partial charge on any atom is -0.481 e. The maximum atomic E-state index is 12.5. The van der Waals surface area contributed by atoms with Crippen molar-refractivity contribution in [2.24, 2.45) is 52.1 Å². The summed E-state index contributed by atoms with van der Waals surface area (Å²) in [5.41, 5.74) is 6.72. The van der Waals surface area contributed by atoms with Crippen LogP contribution in [0.2, 0.25) is 0 Å². The number of ether oxygens (including phenoxy) is 1. The average Bonchev–Trinajstić information content (AvgIpc) is 3.14. The molecule has 1 unspecified atom stereocenters. The van der Waals surface area contributed by atoms with Gasteiger partial charge in [-0.15, -0.1) is 0 Å². The van der Waals surface area contributed by atoms with Gasteiger partial charge in [-0.25, -0.2) is 0 Å². The molecule has 0 aromatic rings. The molecule has 4 rings (SSSR count). The Morgan fingerprint density at radius 1 is 1.06 bits per heavy atom. The van der Waals surface area contributed by atoms with Crippen LogP contribution in [0.15, 0.2) is 0 Å². The van der Waals surface area contributed by atoms with Crippen molar-refractivity contribution in [2.75, 3.05) is 12.0 Å². The summed E-state index contributed by atoms with van der Waals surface area (Å²) >= 11 is 1.71. The Kier molecular flexibility index (Phi) is 7.99. The fraction of sp³-hybridized carbons (Fsp3) is 0.929. The van der Waals surface area contributed by atoms with Crippen LogP contribution in [0.4, 0.5) is 0 Å². The summed E-state index contributed by atoms with van der Waals surface area (Å²) in [7, 11) is 0. The molecule has 10 atom stereocenters. The normalized spacial score (nSPS) is 43.2. The van der Waals surface area contributed by atoms with Crippen molar-refractivity contribution in [3.8, 4) is 0 Å². The average molecular weight is 494 g/mol. The monoisotopic (exact) mass is 493 g/mol. The van der Waals surface area contributed by atoms with Gasteiger partial charge < -0.3 is 15.6 Å². The van der Waals surface area contributed by atoms with Gasteiger partial charge >= 0.3 is 11.9 Å². The number of carboxylic acids is 1. The molecule has 0 aromatic heterocycles. The van der Waals surface area contributed by atoms with Crippen LogP contribution in [0.3, 0.4) is 0 Å². The largest absolute Gasteiger partial charge is 0.481 e. The molecular weight excluding hydrogens is 446 g/mol. The van der Waals surface area contributed by atoms with Gasteiger partial charge in [0.25, 0.3) is 0 Å². The molecule has 0 heterocycles. The van der Waals surface area contributed by atoms with Crippen LogP contribution in [0.5, 0.6) is 0 Å². The summed E-state index contributed by atoms with van der Waals surface area (Å²) in [6.07, 6.45) is 13.7. The predicted octanol–water partition coefficient (Wildman–Crippen LogP) is 5.75. The van der Waals surface area contributed by atoms with Gasteiger partial charge in [-0.3, -0.25) is 9.59 Å². The first-order valence-electron chi connectivity index (χ1n) is 13.8. The second kappa shape index (κ2) is 10.3. The van der Waals surface area contributed by atoms with Gasteiger partial charge in [0.1, 0.15) is 12.1 Å². The first kappa shape index (κ1) is 26.3. The Labute approximate surface area is 210 Å². The Morgan fingerprint density at radius 2 is 1.76 bits per heavy atom. The highest BCUT2D eigenvalue weighted by Gasteiger charge is 2.60. The number of thioether (sulfide) groups is 1. The number of aliphatic carboxylic acids is 1. The molecule has 0 bridgehead atoms. The van der Waals surface area contributed by atoms with E-state index >= 15 is 0 Å². The van der Waals surface area contributed by atoms with Crippen LogP contribution < -0.4 is 5.73 Å². The lowest BCUT2D eigenvalue weighted by atomic mass is 9.44. The van der Waals surface area contributed by atoms with Gasteiger partial charge in [0.2, 0.25) is 0 Å². The summed E-state index contributed by atoms with van der Waals surface area (Å²) in [5, 5.41) is 9.38. The summed E-state index contributed by atoms with van der Waals surface area (Å²) < 4.78 is 5.92. The van der Waals surface area contributed by atoms with Crippen molar-refractivity contribution >= 4 is 23.7 Å². The van der Waals surface area contributed by atoms with Crippen molar-refractivity contribution < 1.29 is 19.4 Å². The molecule has 34 heavy (non-hydrogen) atoms. The molecule has 0 radical (unpaired) electrons. The number of hydrogen-bond donors (Lipinski definition) is 2. The van der Waals surface area contributed by atoms with E-state index in [4.69, 9.17) is 10.5 Å². The van der Waals surface area contributed by atoms with Gasteiger partial charge in [0, 0.05) is 6.42 Å². The van der Waals surface area contributed by atoms with Crippen LogP contribution in [-0.2, 0) is 14.3 Å². The Hall–Kier alpha value is -0.750. The second-order valence-corrected chi connectivity index (χ2v) is 13.7. The third kappa shape index (κ3) is 4.79. The van der Waals surface area contributed by atoms with Crippen molar-refractivity contribution in [1.29, 1.82) is 0 Å². The SMILES string of the molecule is CSCC[C@H](N)C(=O)O[C@@H]1CC[C@@]2(C)[C@H](CC[C@@H]3[C@@H]2CC[C@]2(C)C([C@H](C)CC(=O)O)CC[C@@H]32)C1. The van der Waals surface area contributed by atoms with Crippen LogP contribution in [0, 0.1) is 46.3 Å². The molecule has 4 aliphatic carbocycles. The number of carbonyl (C=O) groups excluding carboxylic acids is 1. The van der Waals surface area contributed by atoms with E-state index < -0.39 is 12.0 Å². The van der Waals surface area contributed by atoms with Crippen LogP contribution in [-0.4, -0.2) is 41.2 Å². The third-order valence-electron chi connectivity index (χ3n) is 11.1. The van der Waals surface area contributed by atoms with Crippen LogP contribution >= 0.6 is 11.8 Å². The standard InChI is InChI=1S/C28H47NO4S/c1-17(15-25(30)31)21-7-8-22-20-6-5-18-16-19(33-26(32)24(29)11-14-34-4)9-12-27(18,2)23(20)10-13-28(21,22)3/h17-24H,5-16,29H2,1-4H3,(H,30,31)/t17-,18-,19-,20+,21?,22+,23+,24+,27+,28-/m1/s1. The van der Waals surface area contributed by atoms with Crippen molar-refractivity contribution in [1.82, 2.24) is 0 Å². The zero-order valence-corrected chi connectivity index (χ0v) is 22.6. The number of fused-ring (bicyclic) bond motifs is 5. The van der Waals surface area contributed by atoms with E-state index in [-0.39, 0.29) is 18.0 Å². The predicted molar refractivity (Wildman–Crippen MR) is 137 cm³/mol. The number of rotatable bonds is 8. The fourth-order valence-corrected chi connectivity index (χ4v) is 9.82. The van der Waals surface area contributed by atoms with Gasteiger partial charge in [-0.1, -0.05) is 20.8 Å². The summed E-state index contributed by atoms with van der Waals surface area (Å²) in [6.45, 7) is 7.21. The van der Waals surface area contributed by atoms with E-state index in [1.165, 1.54) is 38.5 Å². The van der Waals surface area contributed by atoms with Gasteiger partial charge in [-0.2, -0.15) is 11.8 Å². The lowest BCUT2D eigenvalue weighted by Crippen LogP contribution is -2.54. The quantitative estimate of drug-likeness (QED) is 0.419. The summed E-state index contributed by atoms with van der Waals surface area (Å²) in [6, 6.07) is -0.494. The number of nitrogens with two attached hydrogens (primary N) is 1. The fourth-order valence-electron chi connectivity index (χ4n) is 9.33. The maximum Gasteiger partial charge on any atom is 0.323 e. The number of esters is 1. The first-order chi connectivity index (χ1) is 16.1. The minimum atomic E-state index is -0.649. The zero-order chi connectivity index (χ0) is 24.7. The second-order valence-electron chi connectivity index (χ2n) is 12.7. The van der Waals surface area contributed by atoms with E-state index in [2.05, 4.69) is 20.8 Å². The summed E-state index contributed by atoms with van der Waals surface area (Å²) in [4.78, 5) is 23.9. The molecule has 194 valence electrons. The molecule has 4 fully saturated rings. The van der Waals surface area contributed by atoms with E-state index in [1.807, 2.05) is 6.26 Å². The molecule has 0 amide bonds. The van der Waals surface area contributed by atoms with Crippen molar-refractivity contribution in [3.05, 3.63) is 0 Å². The van der Waals surface area contributed by atoms with Gasteiger partial charge in [0.05, 0.1) is 0 Å². The molecule has 4 saturated carbocycles. The highest BCUT2D eigenvalue weighted by molar-refractivity contribution is 7.98. The molecule has 0 aromatic carbocycles. The molecule has 3 N–H and O–H groups in total. The molecule has 6 heteroatoms. The Balaban J connectivity index is 1.40. The molecule has 0 aliphatic heterocycles. The molecule has 5 nitrogen and oxygen atoms in total. The highest BCUT2D eigenvalue weighted by Crippen LogP contribution is 2.68. The Morgan fingerprint density at radius 3 is 2.47 bits per heavy atom. The van der Waals surface area contributed by atoms with Crippen molar-refractivity contribution in [3.63, 3.8) is 0 Å². The Bertz CT molecular complexity index is 761. The first-order valence-corrected chi connectivity index (χ1v) is 15.2. The minimum absolute atomic E-state index is 0.0315. The lowest BCUT2D eigenvalue weighted by Gasteiger charge is -2.61. The molecule has 4 aliphatic rings. The maximum absolute atomic E-state index is 12.5. The number of hydrogen-bond acceptors (Lipinski definition) is 5. The molecule has 0 saturated heterocycles. The summed E-state index contributed by atoms with van der Waals surface area (Å²) in [5.74, 6) is 3.76. The zero-order valence-electron chi connectivity index (χ0n) is 21.8. The van der Waals surface area contributed by atoms with Crippen LogP contribution in [0.1, 0.15) is 91.4 Å². The van der Waals surface area contributed by atoms with Crippen LogP contribution in [0.25, 0.3) is 0 Å². The number of carbonyl (C=O) groups is 2. The van der Waals surface area contributed by atoms with E-state index in [1.54, 1.807) is 11.8 Å². The van der Waals surface area contributed by atoms with Gasteiger partial charge in [0.15, 0.2) is 0 Å². The van der Waals surface area contributed by atoms with E-state index in [0.29, 0.717) is 35.5 Å². The van der Waals surface area contributed by atoms with E-state index in [0.717, 1.165) is 42.8 Å². The molecular formula is C28H47NO4S. The van der Waals surface area contributed by atoms with Gasteiger partial charge in [-0.05, 0) is 123 Å². The molecule has 0 spiro atoms. The highest BCUT2D eigenvalue weighted by atomic mass is 32.2. The van der Waals surface area contributed by atoms with Crippen molar-refractivity contribution in [2.45, 2.75) is 104 Å². The van der Waals surface area contributed by atoms with E-state index in [9.17, 15) is 14.7 Å². The lowest BCUT2D eigenvalue weighted by molar-refractivity contribution is -0.164.